The van der Waals surface area contributed by atoms with E-state index in [1.54, 1.807) is 4.88 Å². The summed E-state index contributed by atoms with van der Waals surface area (Å²) in [6.45, 7) is 3.96. The Morgan fingerprint density at radius 2 is 2.55 bits per heavy atom. The van der Waals surface area contributed by atoms with Gasteiger partial charge in [0.1, 0.15) is 0 Å². The molecule has 0 aromatic carbocycles. The molecule has 1 aromatic heterocycles. The molecular formula is C9H12OS. The van der Waals surface area contributed by atoms with E-state index in [0.29, 0.717) is 0 Å². The summed E-state index contributed by atoms with van der Waals surface area (Å²) in [5, 5.41) is 0. The van der Waals surface area contributed by atoms with Gasteiger partial charge < -0.3 is 4.74 Å². The Bertz CT molecular complexity index is 229. The molecule has 11 heavy (non-hydrogen) atoms. The van der Waals surface area contributed by atoms with E-state index in [4.69, 9.17) is 4.74 Å². The Kier molecular flexibility index (Phi) is 1.96. The molecule has 1 aliphatic rings. The first kappa shape index (κ1) is 7.32. The van der Waals surface area contributed by atoms with Gasteiger partial charge in [-0.3, -0.25) is 0 Å². The Labute approximate surface area is 71.0 Å². The number of hydrogen-bond donors (Lipinski definition) is 0. The van der Waals surface area contributed by atoms with Gasteiger partial charge in [-0.05, 0) is 18.1 Å². The molecule has 0 radical (unpaired) electrons. The second-order valence-electron chi connectivity index (χ2n) is 2.82. The van der Waals surface area contributed by atoms with Crippen molar-refractivity contribution in [1.29, 1.82) is 0 Å². The van der Waals surface area contributed by atoms with Crippen LogP contribution < -0.4 is 0 Å². The topological polar surface area (TPSA) is 9.23 Å². The third-order valence-corrected chi connectivity index (χ3v) is 3.41. The van der Waals surface area contributed by atoms with Crippen LogP contribution in [0.15, 0.2) is 6.07 Å². The molecular weight excluding hydrogens is 156 g/mol. The maximum atomic E-state index is 5.36. The van der Waals surface area contributed by atoms with Gasteiger partial charge in [-0.1, -0.05) is 6.92 Å². The molecule has 0 saturated carbocycles. The van der Waals surface area contributed by atoms with Crippen LogP contribution in [-0.2, 0) is 24.2 Å². The number of aryl methyl sites for hydroxylation is 1. The average molecular weight is 168 g/mol. The number of hydrogen-bond acceptors (Lipinski definition) is 2. The fourth-order valence-corrected chi connectivity index (χ4v) is 2.48. The van der Waals surface area contributed by atoms with E-state index in [1.165, 1.54) is 10.4 Å². The lowest BCUT2D eigenvalue weighted by Gasteiger charge is -2.10. The van der Waals surface area contributed by atoms with E-state index in [0.717, 1.165) is 26.1 Å². The van der Waals surface area contributed by atoms with E-state index in [1.807, 2.05) is 11.3 Å². The summed E-state index contributed by atoms with van der Waals surface area (Å²) in [5.74, 6) is 0. The minimum absolute atomic E-state index is 0.839. The molecule has 1 aliphatic heterocycles. The van der Waals surface area contributed by atoms with Crippen LogP contribution in [0.2, 0.25) is 0 Å². The van der Waals surface area contributed by atoms with Gasteiger partial charge in [-0.2, -0.15) is 0 Å². The summed E-state index contributed by atoms with van der Waals surface area (Å²) in [5.41, 5.74) is 1.43. The lowest BCUT2D eigenvalue weighted by Crippen LogP contribution is -2.05. The van der Waals surface area contributed by atoms with Crippen molar-refractivity contribution >= 4 is 11.3 Å². The van der Waals surface area contributed by atoms with Crippen LogP contribution in [0, 0.1) is 0 Å². The summed E-state index contributed by atoms with van der Waals surface area (Å²) in [7, 11) is 0. The van der Waals surface area contributed by atoms with E-state index in [2.05, 4.69) is 13.0 Å². The minimum Gasteiger partial charge on any atom is -0.376 e. The van der Waals surface area contributed by atoms with Crippen molar-refractivity contribution < 1.29 is 4.74 Å². The maximum absolute atomic E-state index is 5.36. The highest BCUT2D eigenvalue weighted by Crippen LogP contribution is 2.26. The Morgan fingerprint density at radius 1 is 1.64 bits per heavy atom. The van der Waals surface area contributed by atoms with Crippen molar-refractivity contribution in [3.63, 3.8) is 0 Å². The average Bonchev–Trinajstić information content (AvgIpc) is 2.46. The van der Waals surface area contributed by atoms with Crippen LogP contribution in [0.4, 0.5) is 0 Å². The molecule has 1 aromatic rings. The first-order chi connectivity index (χ1) is 5.40. The second kappa shape index (κ2) is 2.95. The highest BCUT2D eigenvalue weighted by atomic mass is 32.1. The molecule has 0 atom stereocenters. The smallest absolute Gasteiger partial charge is 0.0727 e. The minimum atomic E-state index is 0.839. The van der Waals surface area contributed by atoms with E-state index in [9.17, 15) is 0 Å². The van der Waals surface area contributed by atoms with Gasteiger partial charge in [-0.25, -0.2) is 0 Å². The molecule has 0 amide bonds. The lowest BCUT2D eigenvalue weighted by atomic mass is 10.2. The largest absolute Gasteiger partial charge is 0.376 e. The molecule has 60 valence electrons. The molecule has 2 heterocycles. The third kappa shape index (κ3) is 1.33. The van der Waals surface area contributed by atoms with Crippen molar-refractivity contribution in [2.24, 2.45) is 0 Å². The van der Waals surface area contributed by atoms with Crippen LogP contribution >= 0.6 is 11.3 Å². The zero-order valence-corrected chi connectivity index (χ0v) is 7.54. The van der Waals surface area contributed by atoms with Gasteiger partial charge in [-0.15, -0.1) is 11.3 Å². The summed E-state index contributed by atoms with van der Waals surface area (Å²) in [4.78, 5) is 3.05. The van der Waals surface area contributed by atoms with Crippen molar-refractivity contribution in [1.82, 2.24) is 0 Å². The molecule has 0 saturated heterocycles. The summed E-state index contributed by atoms with van der Waals surface area (Å²) in [6, 6.07) is 2.29. The SMILES string of the molecule is CCc1cc2c(s1)CCOC2. The Hall–Kier alpha value is -0.340. The van der Waals surface area contributed by atoms with E-state index in [-0.39, 0.29) is 0 Å². The number of ether oxygens (including phenoxy) is 1. The molecule has 0 N–H and O–H groups in total. The number of fused-ring (bicyclic) bond motifs is 1. The van der Waals surface area contributed by atoms with Crippen molar-refractivity contribution in [2.45, 2.75) is 26.4 Å². The van der Waals surface area contributed by atoms with Crippen LogP contribution in [0.3, 0.4) is 0 Å². The molecule has 0 spiro atoms. The maximum Gasteiger partial charge on any atom is 0.0727 e. The Balaban J connectivity index is 2.32. The number of thiophene rings is 1. The molecule has 0 unspecified atom stereocenters. The van der Waals surface area contributed by atoms with Crippen LogP contribution in [-0.4, -0.2) is 6.61 Å². The summed E-state index contributed by atoms with van der Waals surface area (Å²) >= 11 is 1.96. The quantitative estimate of drug-likeness (QED) is 0.625. The van der Waals surface area contributed by atoms with Crippen LogP contribution in [0.5, 0.6) is 0 Å². The van der Waals surface area contributed by atoms with Crippen molar-refractivity contribution in [3.05, 3.63) is 21.4 Å². The van der Waals surface area contributed by atoms with E-state index >= 15 is 0 Å². The van der Waals surface area contributed by atoms with Gasteiger partial charge in [0.05, 0.1) is 13.2 Å². The number of rotatable bonds is 1. The lowest BCUT2D eigenvalue weighted by molar-refractivity contribution is 0.112. The van der Waals surface area contributed by atoms with E-state index < -0.39 is 0 Å². The highest BCUT2D eigenvalue weighted by Gasteiger charge is 2.12. The Morgan fingerprint density at radius 3 is 3.27 bits per heavy atom. The zero-order chi connectivity index (χ0) is 7.68. The standard InChI is InChI=1S/C9H12OS/c1-2-8-5-7-6-10-4-3-9(7)11-8/h5H,2-4,6H2,1H3. The molecule has 2 rings (SSSR count). The predicted octanol–water partition coefficient (Wildman–Crippen LogP) is 2.38. The predicted molar refractivity (Wildman–Crippen MR) is 47.1 cm³/mol. The molecule has 0 bridgehead atoms. The molecule has 1 nitrogen and oxygen atoms in total. The monoisotopic (exact) mass is 168 g/mol. The van der Waals surface area contributed by atoms with Gasteiger partial charge >= 0.3 is 0 Å². The van der Waals surface area contributed by atoms with Gasteiger partial charge in [0.25, 0.3) is 0 Å². The first-order valence-electron chi connectivity index (χ1n) is 4.08. The van der Waals surface area contributed by atoms with Gasteiger partial charge in [0, 0.05) is 16.2 Å². The zero-order valence-electron chi connectivity index (χ0n) is 6.72. The summed E-state index contributed by atoms with van der Waals surface area (Å²) in [6.07, 6.45) is 2.29. The molecule has 0 fully saturated rings. The third-order valence-electron chi connectivity index (χ3n) is 2.03. The first-order valence-corrected chi connectivity index (χ1v) is 4.90. The molecule has 2 heteroatoms. The van der Waals surface area contributed by atoms with Gasteiger partial charge in [0.2, 0.25) is 0 Å². The van der Waals surface area contributed by atoms with Crippen molar-refractivity contribution in [2.75, 3.05) is 6.61 Å². The molecule has 0 aliphatic carbocycles. The second-order valence-corrected chi connectivity index (χ2v) is 4.04. The van der Waals surface area contributed by atoms with Crippen molar-refractivity contribution in [3.8, 4) is 0 Å². The fraction of sp³-hybridized carbons (Fsp3) is 0.556. The summed E-state index contributed by atoms with van der Waals surface area (Å²) < 4.78 is 5.36. The van der Waals surface area contributed by atoms with Crippen LogP contribution in [0.25, 0.3) is 0 Å². The highest BCUT2D eigenvalue weighted by molar-refractivity contribution is 7.12. The van der Waals surface area contributed by atoms with Crippen LogP contribution in [0.1, 0.15) is 22.2 Å². The van der Waals surface area contributed by atoms with Gasteiger partial charge in [0.15, 0.2) is 0 Å². The normalized spacial score (nSPS) is 16.5. The fourth-order valence-electron chi connectivity index (χ4n) is 1.38.